The van der Waals surface area contributed by atoms with Crippen LogP contribution in [0.3, 0.4) is 0 Å². The van der Waals surface area contributed by atoms with Gasteiger partial charge in [0.05, 0.1) is 0 Å². The van der Waals surface area contributed by atoms with Gasteiger partial charge in [-0.2, -0.15) is 0 Å². The average Bonchev–Trinajstić information content (AvgIpc) is 2.65. The first-order valence-electron chi connectivity index (χ1n) is 8.87. The van der Waals surface area contributed by atoms with Crippen molar-refractivity contribution in [3.05, 3.63) is 108 Å². The van der Waals surface area contributed by atoms with Gasteiger partial charge < -0.3 is 4.74 Å². The van der Waals surface area contributed by atoms with Gasteiger partial charge in [0.2, 0.25) is 0 Å². The zero-order chi connectivity index (χ0) is 18.4. The number of ether oxygens (including phenoxy) is 1. The smallest absolute Gasteiger partial charge is 0.127 e. The molecule has 0 bridgehead atoms. The van der Waals surface area contributed by atoms with Gasteiger partial charge in [0.1, 0.15) is 11.5 Å². The fourth-order valence-corrected chi connectivity index (χ4v) is 2.81. The lowest BCUT2D eigenvalue weighted by Gasteiger charge is -2.06. The summed E-state index contributed by atoms with van der Waals surface area (Å²) in [6.45, 7) is 6.26. The summed E-state index contributed by atoms with van der Waals surface area (Å²) in [5, 5.41) is 2.68. The second kappa shape index (κ2) is 8.35. The highest BCUT2D eigenvalue weighted by Gasteiger charge is 1.96. The van der Waals surface area contributed by atoms with Crippen LogP contribution in [0.5, 0.6) is 11.5 Å². The molecule has 0 spiro atoms. The molecule has 4 rings (SSSR count). The summed E-state index contributed by atoms with van der Waals surface area (Å²) in [5.41, 5.74) is 3.80. The zero-order valence-electron chi connectivity index (χ0n) is 15.6. The Hall–Kier alpha value is -3.06. The summed E-state index contributed by atoms with van der Waals surface area (Å²) in [4.78, 5) is 0. The van der Waals surface area contributed by atoms with Crippen molar-refractivity contribution in [2.45, 2.75) is 20.8 Å². The van der Waals surface area contributed by atoms with Gasteiger partial charge in [-0.05, 0) is 66.9 Å². The lowest BCUT2D eigenvalue weighted by atomic mass is 10.1. The lowest BCUT2D eigenvalue weighted by molar-refractivity contribution is 0.482. The molecule has 130 valence electrons. The Kier molecular flexibility index (Phi) is 5.70. The van der Waals surface area contributed by atoms with E-state index in [0.717, 1.165) is 11.5 Å². The van der Waals surface area contributed by atoms with E-state index in [1.165, 1.54) is 27.5 Å². The van der Waals surface area contributed by atoms with Crippen LogP contribution in [0.25, 0.3) is 10.8 Å². The minimum Gasteiger partial charge on any atom is -0.457 e. The highest BCUT2D eigenvalue weighted by atomic mass is 16.5. The second-order valence-corrected chi connectivity index (χ2v) is 6.53. The van der Waals surface area contributed by atoms with E-state index in [9.17, 15) is 0 Å². The van der Waals surface area contributed by atoms with Gasteiger partial charge >= 0.3 is 0 Å². The maximum atomic E-state index is 5.71. The van der Waals surface area contributed by atoms with Crippen LogP contribution in [0.15, 0.2) is 91.0 Å². The summed E-state index contributed by atoms with van der Waals surface area (Å²) >= 11 is 0. The molecule has 0 aliphatic heterocycles. The number of fused-ring (bicyclic) bond motifs is 1. The van der Waals surface area contributed by atoms with Crippen molar-refractivity contribution in [2.75, 3.05) is 0 Å². The highest BCUT2D eigenvalue weighted by molar-refractivity contribution is 5.85. The highest BCUT2D eigenvalue weighted by Crippen LogP contribution is 2.22. The fraction of sp³-hybridized carbons (Fsp3) is 0.120. The molecule has 0 heterocycles. The van der Waals surface area contributed by atoms with Crippen LogP contribution in [-0.2, 0) is 0 Å². The predicted octanol–water partition coefficient (Wildman–Crippen LogP) is 7.24. The molecule has 0 aliphatic carbocycles. The van der Waals surface area contributed by atoms with E-state index in [1.807, 2.05) is 42.5 Å². The van der Waals surface area contributed by atoms with Crippen LogP contribution in [0.1, 0.15) is 16.7 Å². The minimum absolute atomic E-state index is 0.881. The van der Waals surface area contributed by atoms with Crippen LogP contribution in [0.2, 0.25) is 0 Å². The second-order valence-electron chi connectivity index (χ2n) is 6.53. The lowest BCUT2D eigenvalue weighted by Crippen LogP contribution is -1.84. The molecule has 0 N–H and O–H groups in total. The Morgan fingerprint density at radius 2 is 1.23 bits per heavy atom. The Bertz CT molecular complexity index is 979. The zero-order valence-corrected chi connectivity index (χ0v) is 15.6. The molecule has 26 heavy (non-hydrogen) atoms. The molecule has 0 unspecified atom stereocenters. The molecule has 4 aromatic carbocycles. The van der Waals surface area contributed by atoms with Crippen molar-refractivity contribution in [1.82, 2.24) is 0 Å². The van der Waals surface area contributed by atoms with Crippen LogP contribution in [0.4, 0.5) is 0 Å². The molecule has 0 amide bonds. The van der Waals surface area contributed by atoms with Crippen molar-refractivity contribution in [3.8, 4) is 11.5 Å². The third-order valence-corrected chi connectivity index (χ3v) is 4.25. The number of hydrogen-bond acceptors (Lipinski definition) is 1. The van der Waals surface area contributed by atoms with Crippen LogP contribution in [0, 0.1) is 20.8 Å². The third-order valence-electron chi connectivity index (χ3n) is 4.25. The number of aryl methyl sites for hydroxylation is 3. The number of benzene rings is 4. The molecular weight excluding hydrogens is 316 g/mol. The van der Waals surface area contributed by atoms with Gasteiger partial charge in [-0.1, -0.05) is 72.3 Å². The maximum Gasteiger partial charge on any atom is 0.127 e. The summed E-state index contributed by atoms with van der Waals surface area (Å²) in [5.74, 6) is 1.77. The normalized spacial score (nSPS) is 10.1. The van der Waals surface area contributed by atoms with Crippen molar-refractivity contribution < 1.29 is 4.74 Å². The molecule has 1 heteroatoms. The molecule has 0 saturated heterocycles. The topological polar surface area (TPSA) is 9.23 Å². The molecule has 4 aromatic rings. The van der Waals surface area contributed by atoms with E-state index in [1.54, 1.807) is 0 Å². The molecule has 0 aromatic heterocycles. The first kappa shape index (κ1) is 17.8. The summed E-state index contributed by atoms with van der Waals surface area (Å²) in [7, 11) is 0. The standard InChI is InChI=1S/C14H14O.C11H10/c1-11-6-8-13(9-7-11)15-14-5-3-4-12(2)10-14;1-9-5-4-7-10-6-2-3-8-11(9)10/h3-10H,1-2H3;2-8H,1H3. The van der Waals surface area contributed by atoms with Crippen molar-refractivity contribution in [2.24, 2.45) is 0 Å². The number of rotatable bonds is 2. The van der Waals surface area contributed by atoms with Gasteiger partial charge in [-0.15, -0.1) is 0 Å². The van der Waals surface area contributed by atoms with Gasteiger partial charge in [0.15, 0.2) is 0 Å². The fourth-order valence-electron chi connectivity index (χ4n) is 2.81. The predicted molar refractivity (Wildman–Crippen MR) is 111 cm³/mol. The summed E-state index contributed by atoms with van der Waals surface area (Å²) in [6, 6.07) is 30.9. The summed E-state index contributed by atoms with van der Waals surface area (Å²) < 4.78 is 5.71. The van der Waals surface area contributed by atoms with Crippen LogP contribution < -0.4 is 4.74 Å². The Labute approximate surface area is 155 Å². The Morgan fingerprint density at radius 1 is 0.538 bits per heavy atom. The van der Waals surface area contributed by atoms with Crippen LogP contribution in [-0.4, -0.2) is 0 Å². The van der Waals surface area contributed by atoms with E-state index in [-0.39, 0.29) is 0 Å². The van der Waals surface area contributed by atoms with E-state index < -0.39 is 0 Å². The van der Waals surface area contributed by atoms with E-state index in [2.05, 4.69) is 69.3 Å². The van der Waals surface area contributed by atoms with Gasteiger partial charge in [0, 0.05) is 0 Å². The Balaban J connectivity index is 0.000000158. The molecule has 0 saturated carbocycles. The van der Waals surface area contributed by atoms with Crippen LogP contribution >= 0.6 is 0 Å². The first-order chi connectivity index (χ1) is 12.6. The van der Waals surface area contributed by atoms with E-state index in [4.69, 9.17) is 4.74 Å². The first-order valence-corrected chi connectivity index (χ1v) is 8.87. The minimum atomic E-state index is 0.881. The molecule has 0 radical (unpaired) electrons. The van der Waals surface area contributed by atoms with Gasteiger partial charge in [0.25, 0.3) is 0 Å². The van der Waals surface area contributed by atoms with Gasteiger partial charge in [-0.3, -0.25) is 0 Å². The van der Waals surface area contributed by atoms with E-state index >= 15 is 0 Å². The molecule has 0 aliphatic rings. The monoisotopic (exact) mass is 340 g/mol. The molecule has 1 nitrogen and oxygen atoms in total. The van der Waals surface area contributed by atoms with Gasteiger partial charge in [-0.25, -0.2) is 0 Å². The Morgan fingerprint density at radius 3 is 1.96 bits per heavy atom. The molecular formula is C25H24O. The third kappa shape index (κ3) is 4.73. The van der Waals surface area contributed by atoms with Crippen molar-refractivity contribution in [1.29, 1.82) is 0 Å². The van der Waals surface area contributed by atoms with Crippen molar-refractivity contribution >= 4 is 10.8 Å². The molecule has 0 fully saturated rings. The maximum absolute atomic E-state index is 5.71. The van der Waals surface area contributed by atoms with Crippen molar-refractivity contribution in [3.63, 3.8) is 0 Å². The molecule has 0 atom stereocenters. The largest absolute Gasteiger partial charge is 0.457 e. The summed E-state index contributed by atoms with van der Waals surface area (Å²) in [6.07, 6.45) is 0. The average molecular weight is 340 g/mol. The van der Waals surface area contributed by atoms with E-state index in [0.29, 0.717) is 0 Å². The number of hydrogen-bond donors (Lipinski definition) is 0. The SMILES string of the molecule is Cc1ccc(Oc2cccc(C)c2)cc1.Cc1cccc2ccccc12. The quantitative estimate of drug-likeness (QED) is 0.373.